The topological polar surface area (TPSA) is 75.5 Å². The smallest absolute Gasteiger partial charge is 0.307 e. The molecule has 32 heavy (non-hydrogen) atoms. The van der Waals surface area contributed by atoms with Gasteiger partial charge in [-0.05, 0) is 43.4 Å². The zero-order valence-corrected chi connectivity index (χ0v) is 17.9. The second-order valence-electron chi connectivity index (χ2n) is 8.81. The highest BCUT2D eigenvalue weighted by atomic mass is 19.1. The van der Waals surface area contributed by atoms with Crippen molar-refractivity contribution in [2.75, 3.05) is 20.2 Å². The molecule has 0 spiro atoms. The Morgan fingerprint density at radius 1 is 1.19 bits per heavy atom. The molecule has 1 N–H and O–H groups in total. The monoisotopic (exact) mass is 435 g/mol. The highest BCUT2D eigenvalue weighted by Gasteiger charge is 2.43. The van der Waals surface area contributed by atoms with Crippen molar-refractivity contribution >= 4 is 17.0 Å². The van der Waals surface area contributed by atoms with Gasteiger partial charge in [0, 0.05) is 30.1 Å². The first-order valence-electron chi connectivity index (χ1n) is 11.1. The molecule has 3 heterocycles. The number of benzene rings is 1. The molecule has 0 bridgehead atoms. The van der Waals surface area contributed by atoms with E-state index in [1.165, 1.54) is 18.9 Å². The molecule has 7 heteroatoms. The second-order valence-corrected chi connectivity index (χ2v) is 8.81. The van der Waals surface area contributed by atoms with Gasteiger partial charge in [0.2, 0.25) is 5.88 Å². The summed E-state index contributed by atoms with van der Waals surface area (Å²) in [5.41, 5.74) is 2.61. The van der Waals surface area contributed by atoms with E-state index in [1.807, 2.05) is 6.07 Å². The van der Waals surface area contributed by atoms with Crippen LogP contribution in [0.25, 0.3) is 11.0 Å². The summed E-state index contributed by atoms with van der Waals surface area (Å²) in [6, 6.07) is 14.3. The van der Waals surface area contributed by atoms with Crippen LogP contribution in [-0.2, 0) is 4.79 Å². The Bertz CT molecular complexity index is 1130. The van der Waals surface area contributed by atoms with Gasteiger partial charge < -0.3 is 9.84 Å². The number of nitrogens with zero attached hydrogens (tertiary/aromatic N) is 3. The lowest BCUT2D eigenvalue weighted by molar-refractivity contribution is -0.144. The van der Waals surface area contributed by atoms with Crippen LogP contribution in [0.4, 0.5) is 4.39 Å². The van der Waals surface area contributed by atoms with Crippen molar-refractivity contribution in [2.24, 2.45) is 5.92 Å². The van der Waals surface area contributed by atoms with Crippen LogP contribution < -0.4 is 4.74 Å². The highest BCUT2D eigenvalue weighted by molar-refractivity contribution is 5.81. The van der Waals surface area contributed by atoms with Gasteiger partial charge in [-0.3, -0.25) is 14.7 Å². The van der Waals surface area contributed by atoms with E-state index in [1.54, 1.807) is 12.1 Å². The molecule has 3 aromatic rings. The highest BCUT2D eigenvalue weighted by Crippen LogP contribution is 2.44. The van der Waals surface area contributed by atoms with E-state index >= 15 is 4.39 Å². The number of halogens is 1. The maximum Gasteiger partial charge on any atom is 0.307 e. The Labute approximate surface area is 186 Å². The zero-order chi connectivity index (χ0) is 22.2. The minimum atomic E-state index is -0.891. The number of aromatic nitrogens is 2. The summed E-state index contributed by atoms with van der Waals surface area (Å²) in [5, 5.41) is 9.92. The maximum absolute atomic E-state index is 15.1. The number of hydrogen-bond donors (Lipinski definition) is 1. The summed E-state index contributed by atoms with van der Waals surface area (Å²) in [4.78, 5) is 23.0. The predicted molar refractivity (Wildman–Crippen MR) is 118 cm³/mol. The number of fused-ring (bicyclic) bond motifs is 1. The number of ether oxygens (including phenoxy) is 1. The summed E-state index contributed by atoms with van der Waals surface area (Å²) in [6.07, 6.45) is 3.75. The van der Waals surface area contributed by atoms with E-state index < -0.39 is 23.6 Å². The van der Waals surface area contributed by atoms with Gasteiger partial charge in [-0.1, -0.05) is 30.3 Å². The average Bonchev–Trinajstić information content (AvgIpc) is 2.78. The summed E-state index contributed by atoms with van der Waals surface area (Å²) >= 11 is 0. The average molecular weight is 435 g/mol. The number of hydrogen-bond acceptors (Lipinski definition) is 5. The van der Waals surface area contributed by atoms with Crippen molar-refractivity contribution in [3.8, 4) is 5.88 Å². The summed E-state index contributed by atoms with van der Waals surface area (Å²) in [5.74, 6) is -1.67. The minimum Gasteiger partial charge on any atom is -0.481 e. The van der Waals surface area contributed by atoms with E-state index in [-0.39, 0.29) is 0 Å². The number of likely N-dealkylation sites (tertiary alicyclic amines) is 1. The Morgan fingerprint density at radius 3 is 2.69 bits per heavy atom. The van der Waals surface area contributed by atoms with Crippen LogP contribution in [0.1, 0.15) is 42.2 Å². The normalized spacial score (nSPS) is 25.9. The SMILES string of the molecule is COc1ccc2ncc(F)c(C3CN(C4CC(c5ccccc5)C4)CCC3C(=O)O)c2n1. The first-order valence-corrected chi connectivity index (χ1v) is 11.1. The van der Waals surface area contributed by atoms with Crippen molar-refractivity contribution in [3.05, 3.63) is 65.6 Å². The third-order valence-electron chi connectivity index (χ3n) is 7.12. The molecule has 1 saturated heterocycles. The molecule has 0 radical (unpaired) electrons. The maximum atomic E-state index is 15.1. The molecule has 0 amide bonds. The Balaban J connectivity index is 1.44. The fourth-order valence-corrected chi connectivity index (χ4v) is 5.29. The van der Waals surface area contributed by atoms with Gasteiger partial charge in [0.25, 0.3) is 0 Å². The van der Waals surface area contributed by atoms with Gasteiger partial charge >= 0.3 is 5.97 Å². The molecule has 1 saturated carbocycles. The van der Waals surface area contributed by atoms with Crippen LogP contribution in [0.3, 0.4) is 0 Å². The van der Waals surface area contributed by atoms with Crippen LogP contribution in [-0.4, -0.2) is 52.2 Å². The number of carbonyl (C=O) groups is 1. The molecular formula is C25H26FN3O3. The standard InChI is InChI=1S/C25H26FN3O3/c1-32-22-8-7-21-24(28-22)23(20(26)13-27-21)19-14-29(10-9-18(19)25(30)31)17-11-16(12-17)15-5-3-2-4-6-15/h2-8,13,16-19H,9-12,14H2,1H3,(H,30,31). The van der Waals surface area contributed by atoms with Gasteiger partial charge in [-0.15, -0.1) is 0 Å². The number of methoxy groups -OCH3 is 1. The molecule has 1 aromatic carbocycles. The van der Waals surface area contributed by atoms with E-state index in [4.69, 9.17) is 4.74 Å². The number of rotatable bonds is 5. The van der Waals surface area contributed by atoms with Gasteiger partial charge in [0.1, 0.15) is 5.82 Å². The van der Waals surface area contributed by atoms with Gasteiger partial charge in [0.05, 0.1) is 30.3 Å². The fraction of sp³-hybridized carbons (Fsp3) is 0.400. The molecule has 2 fully saturated rings. The molecule has 2 aromatic heterocycles. The number of pyridine rings is 2. The molecule has 6 nitrogen and oxygen atoms in total. The van der Waals surface area contributed by atoms with Crippen molar-refractivity contribution in [1.29, 1.82) is 0 Å². The van der Waals surface area contributed by atoms with Crippen LogP contribution >= 0.6 is 0 Å². The fourth-order valence-electron chi connectivity index (χ4n) is 5.29. The number of aliphatic carboxylic acids is 1. The van der Waals surface area contributed by atoms with Gasteiger partial charge in [-0.25, -0.2) is 9.37 Å². The third-order valence-corrected chi connectivity index (χ3v) is 7.12. The van der Waals surface area contributed by atoms with E-state index in [0.29, 0.717) is 53.9 Å². The first kappa shape index (κ1) is 20.8. The van der Waals surface area contributed by atoms with E-state index in [9.17, 15) is 9.90 Å². The molecule has 5 rings (SSSR count). The number of piperidine rings is 1. The lowest BCUT2D eigenvalue weighted by Gasteiger charge is -2.47. The summed E-state index contributed by atoms with van der Waals surface area (Å²) in [6.45, 7) is 1.21. The Kier molecular flexibility index (Phi) is 5.51. The van der Waals surface area contributed by atoms with Crippen LogP contribution in [0.5, 0.6) is 5.88 Å². The van der Waals surface area contributed by atoms with Gasteiger partial charge in [-0.2, -0.15) is 0 Å². The number of carboxylic acid groups (broad SMARTS) is 1. The number of carboxylic acids is 1. The minimum absolute atomic E-state index is 0.338. The van der Waals surface area contributed by atoms with E-state index in [0.717, 1.165) is 12.8 Å². The Morgan fingerprint density at radius 2 is 1.97 bits per heavy atom. The van der Waals surface area contributed by atoms with Crippen molar-refractivity contribution < 1.29 is 19.0 Å². The largest absolute Gasteiger partial charge is 0.481 e. The Hall–Kier alpha value is -3.06. The quantitative estimate of drug-likeness (QED) is 0.647. The molecule has 2 aliphatic rings. The molecule has 2 unspecified atom stereocenters. The van der Waals surface area contributed by atoms with Crippen LogP contribution in [0, 0.1) is 11.7 Å². The van der Waals surface area contributed by atoms with Crippen LogP contribution in [0.2, 0.25) is 0 Å². The van der Waals surface area contributed by atoms with Crippen LogP contribution in [0.15, 0.2) is 48.7 Å². The second kappa shape index (κ2) is 8.47. The molecule has 1 aliphatic heterocycles. The first-order chi connectivity index (χ1) is 15.5. The van der Waals surface area contributed by atoms with Crippen molar-refractivity contribution in [3.63, 3.8) is 0 Å². The summed E-state index contributed by atoms with van der Waals surface area (Å²) in [7, 11) is 1.50. The van der Waals surface area contributed by atoms with Gasteiger partial charge in [0.15, 0.2) is 0 Å². The lowest BCUT2D eigenvalue weighted by atomic mass is 9.72. The molecular weight excluding hydrogens is 409 g/mol. The lowest BCUT2D eigenvalue weighted by Crippen LogP contribution is -2.51. The van der Waals surface area contributed by atoms with Crippen molar-refractivity contribution in [2.45, 2.75) is 37.1 Å². The summed E-state index contributed by atoms with van der Waals surface area (Å²) < 4.78 is 20.4. The van der Waals surface area contributed by atoms with E-state index in [2.05, 4.69) is 39.1 Å². The predicted octanol–water partition coefficient (Wildman–Crippen LogP) is 4.21. The molecule has 1 aliphatic carbocycles. The van der Waals surface area contributed by atoms with Crippen molar-refractivity contribution in [1.82, 2.24) is 14.9 Å². The molecule has 166 valence electrons. The molecule has 2 atom stereocenters. The third kappa shape index (κ3) is 3.71. The zero-order valence-electron chi connectivity index (χ0n) is 17.9.